The van der Waals surface area contributed by atoms with Crippen LogP contribution in [0.15, 0.2) is 48.1 Å². The van der Waals surface area contributed by atoms with E-state index in [1.165, 1.54) is 10.4 Å². The molecule has 66 valence electrons. The fraction of sp³-hybridized carbons (Fsp3) is 0. The summed E-state index contributed by atoms with van der Waals surface area (Å²) in [6.07, 6.45) is 0. The molecule has 0 saturated heterocycles. The van der Waals surface area contributed by atoms with Crippen LogP contribution < -0.4 is 0 Å². The Morgan fingerprint density at radius 1 is 0.929 bits per heavy atom. The van der Waals surface area contributed by atoms with E-state index in [-0.39, 0.29) is 9.12 Å². The lowest BCUT2D eigenvalue weighted by molar-refractivity contribution is 1.51. The third-order valence-corrected chi connectivity index (χ3v) is 3.66. The van der Waals surface area contributed by atoms with E-state index in [0.29, 0.717) is 0 Å². The summed E-state index contributed by atoms with van der Waals surface area (Å²) in [5.41, 5.74) is 4.50. The first kappa shape index (κ1) is 7.82. The molecule has 0 bridgehead atoms. The Balaban J connectivity index is 2.52. The van der Waals surface area contributed by atoms with Gasteiger partial charge in [0.2, 0.25) is 0 Å². The second kappa shape index (κ2) is 2.99. The van der Waals surface area contributed by atoms with E-state index in [4.69, 9.17) is 0 Å². The molecule has 0 atom stereocenters. The number of para-hydroxylation sites is 1. The van der Waals surface area contributed by atoms with Crippen LogP contribution in [0.3, 0.4) is 0 Å². The predicted octanol–water partition coefficient (Wildman–Crippen LogP) is 2.46. The van der Waals surface area contributed by atoms with Crippen LogP contribution in [0.2, 0.25) is 0 Å². The van der Waals surface area contributed by atoms with Gasteiger partial charge in [-0.1, -0.05) is 29.9 Å². The van der Waals surface area contributed by atoms with Gasteiger partial charge in [-0.05, 0) is 23.2 Å². The fourth-order valence-electron chi connectivity index (χ4n) is 1.72. The highest BCUT2D eigenvalue weighted by Gasteiger charge is 1.96. The van der Waals surface area contributed by atoms with Gasteiger partial charge in [-0.25, -0.2) is 4.98 Å². The molecule has 1 aromatic carbocycles. The van der Waals surface area contributed by atoms with Crippen LogP contribution in [0.1, 0.15) is 0 Å². The van der Waals surface area contributed by atoms with Crippen LogP contribution in [0.25, 0.3) is 21.4 Å². The van der Waals surface area contributed by atoms with Crippen molar-refractivity contribution < 1.29 is 0 Å². The third kappa shape index (κ3) is 1.15. The summed E-state index contributed by atoms with van der Waals surface area (Å²) in [5, 5.41) is 1.25. The average Bonchev–Trinajstić information content (AvgIpc) is 2.26. The lowest BCUT2D eigenvalue weighted by Gasteiger charge is -1.99. The highest BCUT2D eigenvalue weighted by molar-refractivity contribution is 6.46. The summed E-state index contributed by atoms with van der Waals surface area (Å²) in [6.45, 7) is 0. The first-order valence-corrected chi connectivity index (χ1v) is 5.92. The molecule has 0 saturated carbocycles. The van der Waals surface area contributed by atoms with Crippen LogP contribution in [0, 0.1) is 0 Å². The summed E-state index contributed by atoms with van der Waals surface area (Å²) >= 11 is 0. The number of fused-ring (bicyclic) bond motifs is 2. The summed E-state index contributed by atoms with van der Waals surface area (Å²) in [7, 11) is 0.278. The quantitative estimate of drug-likeness (QED) is 0.396. The van der Waals surface area contributed by atoms with Crippen molar-refractivity contribution in [2.45, 2.75) is 0 Å². The van der Waals surface area contributed by atoms with Crippen molar-refractivity contribution in [2.75, 3.05) is 0 Å². The molecule has 0 aliphatic rings. The van der Waals surface area contributed by atoms with Crippen LogP contribution in [-0.4, -0.2) is 14.1 Å². The summed E-state index contributed by atoms with van der Waals surface area (Å²) < 4.78 is 0. The van der Waals surface area contributed by atoms with E-state index >= 15 is 0 Å². The molecule has 1 nitrogen and oxygen atoms in total. The van der Waals surface area contributed by atoms with Crippen molar-refractivity contribution in [3.63, 3.8) is 0 Å². The van der Waals surface area contributed by atoms with E-state index in [9.17, 15) is 0 Å². The SMILES string of the molecule is c1ccc2nc3ccc[siH]c3cc2c1. The minimum Gasteiger partial charge on any atom is -0.248 e. The van der Waals surface area contributed by atoms with Crippen molar-refractivity contribution in [3.05, 3.63) is 48.1 Å². The van der Waals surface area contributed by atoms with Gasteiger partial charge in [0, 0.05) is 14.5 Å². The van der Waals surface area contributed by atoms with Gasteiger partial charge in [-0.2, -0.15) is 0 Å². The molecule has 0 fully saturated rings. The molecule has 0 amide bonds. The highest BCUT2D eigenvalue weighted by Crippen LogP contribution is 2.16. The number of pyridine rings is 1. The molecule has 14 heavy (non-hydrogen) atoms. The summed E-state index contributed by atoms with van der Waals surface area (Å²) in [5.74, 6) is 0. The molecule has 2 heteroatoms. The molecule has 2 aromatic heterocycles. The van der Waals surface area contributed by atoms with Gasteiger partial charge in [-0.3, -0.25) is 0 Å². The number of hydrogen-bond donors (Lipinski definition) is 0. The molecule has 3 aromatic rings. The van der Waals surface area contributed by atoms with Gasteiger partial charge in [0.25, 0.3) is 0 Å². The van der Waals surface area contributed by atoms with Crippen LogP contribution >= 0.6 is 0 Å². The van der Waals surface area contributed by atoms with Crippen LogP contribution in [0.4, 0.5) is 0 Å². The number of nitrogens with zero attached hydrogens (tertiary/aromatic N) is 1. The van der Waals surface area contributed by atoms with Crippen molar-refractivity contribution in [1.29, 1.82) is 0 Å². The molecular formula is C12H9NSi. The van der Waals surface area contributed by atoms with E-state index < -0.39 is 0 Å². The maximum Gasteiger partial charge on any atom is 0.0709 e. The lowest BCUT2D eigenvalue weighted by Crippen LogP contribution is -1.84. The zero-order valence-electron chi connectivity index (χ0n) is 7.64. The normalized spacial score (nSPS) is 10.9. The van der Waals surface area contributed by atoms with Crippen molar-refractivity contribution in [3.8, 4) is 0 Å². The van der Waals surface area contributed by atoms with Gasteiger partial charge >= 0.3 is 0 Å². The average molecular weight is 195 g/mol. The Kier molecular flexibility index (Phi) is 1.67. The molecule has 0 spiro atoms. The number of aromatic nitrogens is 1. The standard InChI is InChI=1S/C12H9NSi/c1-2-5-10-9(4-1)8-12-11(13-10)6-3-7-14-12/h1-8,14H. The van der Waals surface area contributed by atoms with E-state index in [2.05, 4.69) is 47.1 Å². The maximum absolute atomic E-state index is 4.63. The largest absolute Gasteiger partial charge is 0.248 e. The van der Waals surface area contributed by atoms with Crippen molar-refractivity contribution in [1.82, 2.24) is 4.98 Å². The predicted molar refractivity (Wildman–Crippen MR) is 62.0 cm³/mol. The maximum atomic E-state index is 4.63. The second-order valence-electron chi connectivity index (χ2n) is 3.37. The second-order valence-corrected chi connectivity index (χ2v) is 4.71. The summed E-state index contributed by atoms with van der Waals surface area (Å²) in [6, 6.07) is 14.8. The molecule has 2 heterocycles. The van der Waals surface area contributed by atoms with E-state index in [1.807, 2.05) is 6.07 Å². The minimum atomic E-state index is 0.278. The monoisotopic (exact) mass is 195 g/mol. The fourth-order valence-corrected chi connectivity index (χ4v) is 2.76. The Hall–Kier alpha value is -1.54. The zero-order valence-corrected chi connectivity index (χ0v) is 8.80. The number of rotatable bonds is 0. The molecule has 3 rings (SSSR count). The Labute approximate surface area is 84.2 Å². The molecule has 0 radical (unpaired) electrons. The number of hydrogen-bond acceptors (Lipinski definition) is 1. The van der Waals surface area contributed by atoms with E-state index in [1.54, 1.807) is 0 Å². The smallest absolute Gasteiger partial charge is 0.0709 e. The van der Waals surface area contributed by atoms with Crippen LogP contribution in [0.5, 0.6) is 0 Å². The molecule has 0 unspecified atom stereocenters. The van der Waals surface area contributed by atoms with Gasteiger partial charge in [-0.15, -0.1) is 0 Å². The molecular weight excluding hydrogens is 186 g/mol. The minimum absolute atomic E-state index is 0.278. The van der Waals surface area contributed by atoms with Crippen molar-refractivity contribution >= 4 is 30.5 Å². The first-order valence-electron chi connectivity index (χ1n) is 4.68. The van der Waals surface area contributed by atoms with Gasteiger partial charge in [0.05, 0.1) is 11.0 Å². The first-order chi connectivity index (χ1) is 6.93. The summed E-state index contributed by atoms with van der Waals surface area (Å²) in [4.78, 5) is 6.04. The van der Waals surface area contributed by atoms with Gasteiger partial charge in [0.1, 0.15) is 0 Å². The Morgan fingerprint density at radius 3 is 2.79 bits per heavy atom. The molecule has 0 N–H and O–H groups in total. The van der Waals surface area contributed by atoms with Crippen LogP contribution in [-0.2, 0) is 0 Å². The molecule has 0 aliphatic heterocycles. The van der Waals surface area contributed by atoms with Gasteiger partial charge in [0.15, 0.2) is 0 Å². The Morgan fingerprint density at radius 2 is 1.79 bits per heavy atom. The lowest BCUT2D eigenvalue weighted by atomic mass is 10.2. The van der Waals surface area contributed by atoms with Gasteiger partial charge < -0.3 is 0 Å². The van der Waals surface area contributed by atoms with Crippen molar-refractivity contribution in [2.24, 2.45) is 0 Å². The highest BCUT2D eigenvalue weighted by atomic mass is 28.2. The molecule has 0 aliphatic carbocycles. The zero-order chi connectivity index (χ0) is 9.38. The number of benzene rings is 1. The third-order valence-electron chi connectivity index (χ3n) is 2.43. The Bertz CT molecular complexity index is 499. The van der Waals surface area contributed by atoms with E-state index in [0.717, 1.165) is 11.0 Å². The topological polar surface area (TPSA) is 12.9 Å².